The Morgan fingerprint density at radius 3 is 2.33 bits per heavy atom. The fraction of sp³-hybridized carbons (Fsp3) is 0.240. The third-order valence-electron chi connectivity index (χ3n) is 5.19. The van der Waals surface area contributed by atoms with Gasteiger partial charge in [-0.15, -0.1) is 0 Å². The average molecular weight is 525 g/mol. The number of nitrogens with one attached hydrogen (secondary N) is 2. The highest BCUT2D eigenvalue weighted by Crippen LogP contribution is 2.33. The van der Waals surface area contributed by atoms with E-state index in [1.165, 1.54) is 18.2 Å². The Labute approximate surface area is 206 Å². The van der Waals surface area contributed by atoms with Gasteiger partial charge in [-0.3, -0.25) is 4.79 Å². The number of halogens is 4. The van der Waals surface area contributed by atoms with E-state index in [1.54, 1.807) is 44.2 Å². The predicted octanol–water partition coefficient (Wildman–Crippen LogP) is 5.08. The number of aryl methyl sites for hydroxylation is 1. The number of carbonyl (C=O) groups is 1. The van der Waals surface area contributed by atoms with E-state index in [4.69, 9.17) is 4.74 Å². The average Bonchev–Trinajstić information content (AvgIpc) is 2.81. The molecule has 0 saturated heterocycles. The number of hydrogen-bond acceptors (Lipinski definition) is 4. The van der Waals surface area contributed by atoms with E-state index in [2.05, 4.69) is 10.0 Å². The molecule has 2 N–H and O–H groups in total. The smallest absolute Gasteiger partial charge is 0.419 e. The third kappa shape index (κ3) is 6.82. The van der Waals surface area contributed by atoms with Gasteiger partial charge in [0.1, 0.15) is 17.6 Å². The van der Waals surface area contributed by atoms with Crippen molar-refractivity contribution in [3.8, 4) is 5.75 Å². The van der Waals surface area contributed by atoms with Gasteiger partial charge in [0.25, 0.3) is 0 Å². The number of amides is 1. The van der Waals surface area contributed by atoms with Gasteiger partial charge in [-0.1, -0.05) is 30.3 Å². The molecular formula is C25H24F4N2O4S. The van der Waals surface area contributed by atoms with Crippen LogP contribution in [0.5, 0.6) is 5.75 Å². The number of ether oxygens (including phenoxy) is 1. The van der Waals surface area contributed by atoms with Crippen LogP contribution in [0.3, 0.4) is 0 Å². The molecule has 0 fully saturated rings. The Hall–Kier alpha value is -3.44. The van der Waals surface area contributed by atoms with Crippen molar-refractivity contribution < 1.29 is 35.5 Å². The minimum atomic E-state index is -4.97. The highest BCUT2D eigenvalue weighted by atomic mass is 32.2. The SMILES string of the molecule is CCOc1ccc(S(=O)(=O)N[C@H](Cc2ccccc2)C(=O)Nc2ccc(F)c(C(F)(F)F)c2)cc1C. The first-order chi connectivity index (χ1) is 16.9. The normalized spacial score (nSPS) is 12.7. The molecule has 36 heavy (non-hydrogen) atoms. The number of anilines is 1. The number of benzene rings is 3. The molecule has 0 aliphatic carbocycles. The number of sulfonamides is 1. The van der Waals surface area contributed by atoms with E-state index in [0.717, 1.165) is 6.07 Å². The second-order valence-electron chi connectivity index (χ2n) is 7.91. The summed E-state index contributed by atoms with van der Waals surface area (Å²) in [6, 6.07) is 13.3. The van der Waals surface area contributed by atoms with Crippen LogP contribution in [0.15, 0.2) is 71.6 Å². The minimum absolute atomic E-state index is 0.0881. The molecule has 0 heterocycles. The second-order valence-corrected chi connectivity index (χ2v) is 9.62. The van der Waals surface area contributed by atoms with Crippen LogP contribution in [0, 0.1) is 12.7 Å². The summed E-state index contributed by atoms with van der Waals surface area (Å²) in [6.07, 6.45) is -5.06. The number of carbonyl (C=O) groups excluding carboxylic acids is 1. The molecule has 0 spiro atoms. The van der Waals surface area contributed by atoms with Crippen LogP contribution in [-0.2, 0) is 27.4 Å². The van der Waals surface area contributed by atoms with Gasteiger partial charge in [-0.2, -0.15) is 17.9 Å². The van der Waals surface area contributed by atoms with Crippen LogP contribution in [0.2, 0.25) is 0 Å². The summed E-state index contributed by atoms with van der Waals surface area (Å²) >= 11 is 0. The first-order valence-corrected chi connectivity index (χ1v) is 12.4. The Bertz CT molecular complexity index is 1330. The lowest BCUT2D eigenvalue weighted by Crippen LogP contribution is -2.45. The fourth-order valence-corrected chi connectivity index (χ4v) is 4.73. The molecule has 3 aromatic carbocycles. The summed E-state index contributed by atoms with van der Waals surface area (Å²) in [5.41, 5.74) is -0.707. The Kier molecular flexibility index (Phi) is 8.36. The molecule has 1 atom stereocenters. The van der Waals surface area contributed by atoms with Crippen molar-refractivity contribution in [2.45, 2.75) is 37.4 Å². The Morgan fingerprint density at radius 1 is 1.03 bits per heavy atom. The third-order valence-corrected chi connectivity index (χ3v) is 6.66. The van der Waals surface area contributed by atoms with Crippen LogP contribution in [-0.4, -0.2) is 27.0 Å². The molecule has 0 aromatic heterocycles. The maximum absolute atomic E-state index is 13.6. The molecule has 0 unspecified atom stereocenters. The topological polar surface area (TPSA) is 84.5 Å². The van der Waals surface area contributed by atoms with Crippen LogP contribution in [0.1, 0.15) is 23.6 Å². The van der Waals surface area contributed by atoms with Gasteiger partial charge in [0.2, 0.25) is 15.9 Å². The maximum Gasteiger partial charge on any atom is 0.419 e. The summed E-state index contributed by atoms with van der Waals surface area (Å²) in [5, 5.41) is 2.26. The van der Waals surface area contributed by atoms with Crippen molar-refractivity contribution in [3.63, 3.8) is 0 Å². The highest BCUT2D eigenvalue weighted by Gasteiger charge is 2.34. The summed E-state index contributed by atoms with van der Waals surface area (Å²) in [4.78, 5) is 12.9. The maximum atomic E-state index is 13.6. The van der Waals surface area contributed by atoms with Crippen LogP contribution >= 0.6 is 0 Å². The summed E-state index contributed by atoms with van der Waals surface area (Å²) in [5.74, 6) is -1.90. The van der Waals surface area contributed by atoms with Gasteiger partial charge < -0.3 is 10.1 Å². The molecule has 1 amide bonds. The van der Waals surface area contributed by atoms with Gasteiger partial charge in [0, 0.05) is 5.69 Å². The van der Waals surface area contributed by atoms with E-state index < -0.39 is 39.5 Å². The molecule has 0 saturated carbocycles. The monoisotopic (exact) mass is 524 g/mol. The van der Waals surface area contributed by atoms with Gasteiger partial charge in [0.05, 0.1) is 17.1 Å². The lowest BCUT2D eigenvalue weighted by Gasteiger charge is -2.20. The van der Waals surface area contributed by atoms with Crippen molar-refractivity contribution in [3.05, 3.63) is 89.2 Å². The van der Waals surface area contributed by atoms with Gasteiger partial charge in [-0.25, -0.2) is 12.8 Å². The zero-order chi connectivity index (χ0) is 26.5. The molecule has 0 aliphatic rings. The Balaban J connectivity index is 1.90. The molecule has 0 radical (unpaired) electrons. The largest absolute Gasteiger partial charge is 0.494 e. The summed E-state index contributed by atoms with van der Waals surface area (Å²) in [6.45, 7) is 3.85. The molecule has 192 valence electrons. The highest BCUT2D eigenvalue weighted by molar-refractivity contribution is 7.89. The van der Waals surface area contributed by atoms with Crippen molar-refractivity contribution in [2.75, 3.05) is 11.9 Å². The fourth-order valence-electron chi connectivity index (χ4n) is 3.45. The minimum Gasteiger partial charge on any atom is -0.494 e. The first kappa shape index (κ1) is 27.2. The lowest BCUT2D eigenvalue weighted by atomic mass is 10.1. The molecule has 6 nitrogen and oxygen atoms in total. The van der Waals surface area contributed by atoms with Crippen molar-refractivity contribution >= 4 is 21.6 Å². The molecule has 11 heteroatoms. The van der Waals surface area contributed by atoms with Gasteiger partial charge in [0.15, 0.2) is 0 Å². The van der Waals surface area contributed by atoms with Crippen LogP contribution in [0.25, 0.3) is 0 Å². The van der Waals surface area contributed by atoms with Crippen LogP contribution in [0.4, 0.5) is 23.2 Å². The first-order valence-electron chi connectivity index (χ1n) is 10.9. The second kappa shape index (κ2) is 11.1. The molecular weight excluding hydrogens is 500 g/mol. The zero-order valence-corrected chi connectivity index (χ0v) is 20.2. The molecule has 0 bridgehead atoms. The lowest BCUT2D eigenvalue weighted by molar-refractivity contribution is -0.140. The number of rotatable bonds is 9. The zero-order valence-electron chi connectivity index (χ0n) is 19.4. The number of hydrogen-bond donors (Lipinski definition) is 2. The van der Waals surface area contributed by atoms with Gasteiger partial charge >= 0.3 is 6.18 Å². The van der Waals surface area contributed by atoms with Crippen molar-refractivity contribution in [2.24, 2.45) is 0 Å². The Morgan fingerprint density at radius 2 is 1.72 bits per heavy atom. The predicted molar refractivity (Wildman–Crippen MR) is 127 cm³/mol. The van der Waals surface area contributed by atoms with E-state index in [-0.39, 0.29) is 17.0 Å². The quantitative estimate of drug-likeness (QED) is 0.383. The number of alkyl halides is 3. The van der Waals surface area contributed by atoms with E-state index in [9.17, 15) is 30.8 Å². The van der Waals surface area contributed by atoms with Crippen molar-refractivity contribution in [1.82, 2.24) is 4.72 Å². The standard InChI is InChI=1S/C25H24F4N2O4S/c1-3-35-23-12-10-19(13-16(23)2)36(33,34)31-22(14-17-7-5-4-6-8-17)24(32)30-18-9-11-21(26)20(15-18)25(27,28)29/h4-13,15,22,31H,3,14H2,1-2H3,(H,30,32)/t22-/m1/s1. The summed E-state index contributed by atoms with van der Waals surface area (Å²) in [7, 11) is -4.22. The molecule has 3 rings (SSSR count). The molecule has 0 aliphatic heterocycles. The van der Waals surface area contributed by atoms with E-state index >= 15 is 0 Å². The van der Waals surface area contributed by atoms with E-state index in [1.807, 2.05) is 0 Å². The van der Waals surface area contributed by atoms with E-state index in [0.29, 0.717) is 35.6 Å². The molecule has 3 aromatic rings. The van der Waals surface area contributed by atoms with Crippen molar-refractivity contribution in [1.29, 1.82) is 0 Å². The van der Waals surface area contributed by atoms with Gasteiger partial charge in [-0.05, 0) is 67.8 Å². The summed E-state index contributed by atoms with van der Waals surface area (Å²) < 4.78 is 86.9. The van der Waals surface area contributed by atoms with Crippen LogP contribution < -0.4 is 14.8 Å².